The van der Waals surface area contributed by atoms with Gasteiger partial charge in [0.1, 0.15) is 11.6 Å². The lowest BCUT2D eigenvalue weighted by Gasteiger charge is -1.96. The van der Waals surface area contributed by atoms with Gasteiger partial charge in [0.25, 0.3) is 0 Å². The average molecular weight is 256 g/mol. The number of ketones is 1. The van der Waals surface area contributed by atoms with Crippen molar-refractivity contribution in [2.75, 3.05) is 0 Å². The zero-order valence-electron chi connectivity index (χ0n) is 10.2. The van der Waals surface area contributed by atoms with Gasteiger partial charge in [0, 0.05) is 11.4 Å². The van der Waals surface area contributed by atoms with Crippen molar-refractivity contribution in [3.63, 3.8) is 0 Å². The van der Waals surface area contributed by atoms with Gasteiger partial charge in [0.15, 0.2) is 0 Å². The molecule has 0 amide bonds. The van der Waals surface area contributed by atoms with Gasteiger partial charge in [-0.25, -0.2) is 0 Å². The molecule has 0 spiro atoms. The molecule has 2 rings (SSSR count). The molecule has 2 aromatic heterocycles. The highest BCUT2D eigenvalue weighted by Gasteiger charge is 2.13. The number of rotatable bonds is 3. The summed E-state index contributed by atoms with van der Waals surface area (Å²) in [4.78, 5) is 15.8. The lowest BCUT2D eigenvalue weighted by atomic mass is 10.1. The maximum absolute atomic E-state index is 12.1. The second kappa shape index (κ2) is 5.03. The Balaban J connectivity index is 2.38. The minimum Gasteiger partial charge on any atom is -0.359 e. The molecule has 1 N–H and O–H groups in total. The number of Topliss-reactive ketones (excluding diaryl/α,β-unsaturated/α-hetero) is 1. The van der Waals surface area contributed by atoms with E-state index in [4.69, 9.17) is 5.26 Å². The zero-order valence-corrected chi connectivity index (χ0v) is 11.0. The van der Waals surface area contributed by atoms with Crippen LogP contribution in [0.1, 0.15) is 26.6 Å². The Morgan fingerprint density at radius 3 is 2.78 bits per heavy atom. The number of thiophene rings is 1. The molecule has 0 aliphatic rings. The number of nitrogens with zero attached hydrogens (tertiary/aromatic N) is 1. The fourth-order valence-corrected chi connectivity index (χ4v) is 2.41. The highest BCUT2D eigenvalue weighted by Crippen LogP contribution is 2.18. The molecule has 0 aromatic carbocycles. The third kappa shape index (κ3) is 2.41. The van der Waals surface area contributed by atoms with E-state index in [1.54, 1.807) is 18.2 Å². The molecule has 0 saturated carbocycles. The van der Waals surface area contributed by atoms with E-state index in [0.29, 0.717) is 4.88 Å². The highest BCUT2D eigenvalue weighted by atomic mass is 32.1. The summed E-state index contributed by atoms with van der Waals surface area (Å²) in [6.07, 6.45) is 1.62. The Kier molecular flexibility index (Phi) is 3.45. The van der Waals surface area contributed by atoms with Gasteiger partial charge in [-0.1, -0.05) is 6.07 Å². The first-order chi connectivity index (χ1) is 8.61. The lowest BCUT2D eigenvalue weighted by molar-refractivity contribution is 0.104. The molecule has 3 nitrogen and oxygen atoms in total. The fourth-order valence-electron chi connectivity index (χ4n) is 1.73. The number of aromatic nitrogens is 1. The molecule has 2 aromatic rings. The minimum atomic E-state index is -0.223. The van der Waals surface area contributed by atoms with E-state index >= 15 is 0 Å². The van der Waals surface area contributed by atoms with Crippen LogP contribution in [0.25, 0.3) is 6.08 Å². The smallest absolute Gasteiger partial charge is 0.213 e. The molecule has 0 atom stereocenters. The van der Waals surface area contributed by atoms with Crippen molar-refractivity contribution in [3.05, 3.63) is 51.0 Å². The van der Waals surface area contributed by atoms with Crippen molar-refractivity contribution in [1.82, 2.24) is 4.98 Å². The van der Waals surface area contributed by atoms with Crippen molar-refractivity contribution in [3.8, 4) is 6.07 Å². The maximum atomic E-state index is 12.1. The number of carbonyl (C=O) groups is 1. The number of nitrogens with one attached hydrogen (secondary N) is 1. The fraction of sp³-hybridized carbons (Fsp3) is 0.143. The van der Waals surface area contributed by atoms with Crippen molar-refractivity contribution in [2.45, 2.75) is 13.8 Å². The summed E-state index contributed by atoms with van der Waals surface area (Å²) < 4.78 is 0. The van der Waals surface area contributed by atoms with E-state index in [1.165, 1.54) is 11.3 Å². The minimum absolute atomic E-state index is 0.155. The number of allylic oxidation sites excluding steroid dienone is 1. The Morgan fingerprint density at radius 2 is 2.28 bits per heavy atom. The number of carbonyl (C=O) groups excluding carboxylic acids is 1. The second-order valence-corrected chi connectivity index (χ2v) is 4.97. The van der Waals surface area contributed by atoms with E-state index in [2.05, 4.69) is 4.98 Å². The van der Waals surface area contributed by atoms with Gasteiger partial charge in [-0.3, -0.25) is 4.79 Å². The van der Waals surface area contributed by atoms with Crippen LogP contribution in [-0.2, 0) is 0 Å². The summed E-state index contributed by atoms with van der Waals surface area (Å²) in [6.45, 7) is 3.89. The van der Waals surface area contributed by atoms with Crippen molar-refractivity contribution in [2.24, 2.45) is 0 Å². The first-order valence-electron chi connectivity index (χ1n) is 5.48. The van der Waals surface area contributed by atoms with Gasteiger partial charge in [0.05, 0.1) is 4.88 Å². The van der Waals surface area contributed by atoms with Crippen molar-refractivity contribution in [1.29, 1.82) is 5.26 Å². The van der Waals surface area contributed by atoms with Crippen LogP contribution in [0.5, 0.6) is 0 Å². The normalized spacial score (nSPS) is 11.3. The summed E-state index contributed by atoms with van der Waals surface area (Å²) in [5, 5.41) is 10.9. The van der Waals surface area contributed by atoms with Crippen molar-refractivity contribution < 1.29 is 4.79 Å². The standard InChI is InChI=1S/C14H12N2OS/c1-9-6-10(2)16-12(9)7-11(8-15)14(17)13-4-3-5-18-13/h3-7,16H,1-2H3/b11-7+. The van der Waals surface area contributed by atoms with Crippen LogP contribution in [0.15, 0.2) is 29.2 Å². The lowest BCUT2D eigenvalue weighted by Crippen LogP contribution is -1.99. The predicted octanol–water partition coefficient (Wildman–Crippen LogP) is 3.48. The van der Waals surface area contributed by atoms with Crippen LogP contribution in [0.2, 0.25) is 0 Å². The molecule has 0 aliphatic heterocycles. The molecule has 0 bridgehead atoms. The number of H-pyrrole nitrogens is 1. The van der Waals surface area contributed by atoms with Gasteiger partial charge in [-0.15, -0.1) is 11.3 Å². The molecular formula is C14H12N2OS. The average Bonchev–Trinajstić information content (AvgIpc) is 2.95. The number of aromatic amines is 1. The van der Waals surface area contributed by atoms with Crippen LogP contribution in [0.4, 0.5) is 0 Å². The van der Waals surface area contributed by atoms with E-state index in [-0.39, 0.29) is 11.4 Å². The van der Waals surface area contributed by atoms with Gasteiger partial charge in [-0.2, -0.15) is 5.26 Å². The van der Waals surface area contributed by atoms with Gasteiger partial charge >= 0.3 is 0 Å². The summed E-state index contributed by atoms with van der Waals surface area (Å²) in [7, 11) is 0. The molecule has 90 valence electrons. The number of hydrogen-bond donors (Lipinski definition) is 1. The summed E-state index contributed by atoms with van der Waals surface area (Å²) in [6, 6.07) is 7.49. The highest BCUT2D eigenvalue weighted by molar-refractivity contribution is 7.12. The maximum Gasteiger partial charge on any atom is 0.213 e. The van der Waals surface area contributed by atoms with Crippen LogP contribution in [0.3, 0.4) is 0 Å². The SMILES string of the molecule is Cc1cc(C)c(/C=C(\C#N)C(=O)c2cccs2)[nH]1. The quantitative estimate of drug-likeness (QED) is 0.519. The Hall–Kier alpha value is -2.12. The summed E-state index contributed by atoms with van der Waals surface area (Å²) in [5.41, 5.74) is 3.01. The largest absolute Gasteiger partial charge is 0.359 e. The Labute approximate surface area is 109 Å². The molecular weight excluding hydrogens is 244 g/mol. The molecule has 0 saturated heterocycles. The van der Waals surface area contributed by atoms with E-state index in [1.807, 2.05) is 31.4 Å². The first kappa shape index (κ1) is 12.3. The van der Waals surface area contributed by atoms with E-state index in [9.17, 15) is 4.79 Å². The van der Waals surface area contributed by atoms with Crippen LogP contribution in [0, 0.1) is 25.2 Å². The Morgan fingerprint density at radius 1 is 1.50 bits per heavy atom. The number of hydrogen-bond acceptors (Lipinski definition) is 3. The van der Waals surface area contributed by atoms with Crippen LogP contribution < -0.4 is 0 Å². The van der Waals surface area contributed by atoms with Gasteiger partial charge in [0.2, 0.25) is 5.78 Å². The Bertz CT molecular complexity index is 642. The molecule has 4 heteroatoms. The molecule has 0 unspecified atom stereocenters. The molecule has 0 fully saturated rings. The van der Waals surface area contributed by atoms with Gasteiger partial charge in [-0.05, 0) is 43.0 Å². The van der Waals surface area contributed by atoms with Gasteiger partial charge < -0.3 is 4.98 Å². The number of aryl methyl sites for hydroxylation is 2. The molecule has 0 aliphatic carbocycles. The van der Waals surface area contributed by atoms with Crippen molar-refractivity contribution >= 4 is 23.2 Å². The number of nitriles is 1. The first-order valence-corrected chi connectivity index (χ1v) is 6.36. The monoisotopic (exact) mass is 256 g/mol. The summed E-state index contributed by atoms with van der Waals surface area (Å²) in [5.74, 6) is -0.223. The van der Waals surface area contributed by atoms with E-state index < -0.39 is 0 Å². The third-order valence-corrected chi connectivity index (χ3v) is 3.46. The molecule has 18 heavy (non-hydrogen) atoms. The summed E-state index contributed by atoms with van der Waals surface area (Å²) >= 11 is 1.34. The topological polar surface area (TPSA) is 56.6 Å². The van der Waals surface area contributed by atoms with Crippen LogP contribution in [-0.4, -0.2) is 10.8 Å². The molecule has 0 radical (unpaired) electrons. The zero-order chi connectivity index (χ0) is 13.1. The predicted molar refractivity (Wildman–Crippen MR) is 72.5 cm³/mol. The third-order valence-electron chi connectivity index (χ3n) is 2.59. The van der Waals surface area contributed by atoms with E-state index in [0.717, 1.165) is 17.0 Å². The van der Waals surface area contributed by atoms with Crippen LogP contribution >= 0.6 is 11.3 Å². The second-order valence-electron chi connectivity index (χ2n) is 4.03. The molecule has 2 heterocycles.